The zero-order valence-electron chi connectivity index (χ0n) is 9.90. The monoisotopic (exact) mass is 264 g/mol. The van der Waals surface area contributed by atoms with Gasteiger partial charge in [-0.3, -0.25) is 0 Å². The molecule has 0 heterocycles. The van der Waals surface area contributed by atoms with Gasteiger partial charge in [-0.2, -0.15) is 0 Å². The number of rotatable bonds is 5. The summed E-state index contributed by atoms with van der Waals surface area (Å²) in [7, 11) is 0. The van der Waals surface area contributed by atoms with Gasteiger partial charge in [0.15, 0.2) is 0 Å². The smallest absolute Gasteiger partial charge is 0.333 e. The van der Waals surface area contributed by atoms with Gasteiger partial charge in [0.2, 0.25) is 0 Å². The van der Waals surface area contributed by atoms with E-state index in [1.54, 1.807) is 0 Å². The molecule has 0 aliphatic rings. The third kappa shape index (κ3) is 12.6. The Morgan fingerprint density at radius 2 is 1.71 bits per heavy atom. The number of aliphatic hydroxyl groups is 1. The fourth-order valence-corrected chi connectivity index (χ4v) is 0.429. The number of ether oxygens (including phenoxy) is 1. The van der Waals surface area contributed by atoms with Gasteiger partial charge in [-0.25, -0.2) is 9.59 Å². The maximum absolute atomic E-state index is 10.7. The topological polar surface area (TPSA) is 83.8 Å². The van der Waals surface area contributed by atoms with Gasteiger partial charge in [-0.1, -0.05) is 13.2 Å². The Kier molecular flexibility index (Phi) is 10.5. The van der Waals surface area contributed by atoms with Crippen LogP contribution in [0.1, 0.15) is 13.8 Å². The summed E-state index contributed by atoms with van der Waals surface area (Å²) in [6.07, 6.45) is -0.792. The van der Waals surface area contributed by atoms with Gasteiger partial charge in [0.25, 0.3) is 0 Å². The summed E-state index contributed by atoms with van der Waals surface area (Å²) in [5, 5.41) is 16.7. The highest BCUT2D eigenvalue weighted by Crippen LogP contribution is 1.95. The number of hydrogen-bond acceptors (Lipinski definition) is 4. The van der Waals surface area contributed by atoms with Crippen molar-refractivity contribution in [3.63, 3.8) is 0 Å². The average molecular weight is 265 g/mol. The van der Waals surface area contributed by atoms with Gasteiger partial charge in [0, 0.05) is 11.1 Å². The summed E-state index contributed by atoms with van der Waals surface area (Å²) in [4.78, 5) is 20.3. The molecule has 0 aromatic carbocycles. The zero-order chi connectivity index (χ0) is 14.0. The number of esters is 1. The number of carbonyl (C=O) groups is 2. The van der Waals surface area contributed by atoms with Crippen molar-refractivity contribution in [3.8, 4) is 0 Å². The summed E-state index contributed by atoms with van der Waals surface area (Å²) in [6, 6.07) is 0. The number of hydrogen-bond donors (Lipinski definition) is 2. The van der Waals surface area contributed by atoms with Crippen LogP contribution in [0.15, 0.2) is 24.3 Å². The lowest BCUT2D eigenvalue weighted by atomic mass is 10.3. The Morgan fingerprint density at radius 3 is 1.94 bits per heavy atom. The van der Waals surface area contributed by atoms with Crippen LogP contribution in [0.3, 0.4) is 0 Å². The predicted molar refractivity (Wildman–Crippen MR) is 64.9 cm³/mol. The SMILES string of the molecule is C=C(C)C(=O)O.C=C(C)C(=O)OCC(O)CCl. The van der Waals surface area contributed by atoms with E-state index in [2.05, 4.69) is 17.9 Å². The van der Waals surface area contributed by atoms with E-state index < -0.39 is 18.0 Å². The molecule has 0 rings (SSSR count). The highest BCUT2D eigenvalue weighted by atomic mass is 35.5. The largest absolute Gasteiger partial charge is 0.478 e. The second-order valence-corrected chi connectivity index (χ2v) is 3.58. The van der Waals surface area contributed by atoms with E-state index in [1.165, 1.54) is 13.8 Å². The van der Waals surface area contributed by atoms with Crippen LogP contribution < -0.4 is 0 Å². The molecule has 0 aliphatic carbocycles. The molecule has 0 spiro atoms. The van der Waals surface area contributed by atoms with Crippen LogP contribution >= 0.6 is 11.6 Å². The lowest BCUT2D eigenvalue weighted by Crippen LogP contribution is -2.19. The normalized spacial score (nSPS) is 10.6. The minimum absolute atomic E-state index is 0.0590. The summed E-state index contributed by atoms with van der Waals surface area (Å²) in [5.41, 5.74) is 0.488. The lowest BCUT2D eigenvalue weighted by Gasteiger charge is -2.07. The number of halogens is 1. The van der Waals surface area contributed by atoms with Gasteiger partial charge < -0.3 is 14.9 Å². The van der Waals surface area contributed by atoms with Crippen LogP contribution in [-0.2, 0) is 14.3 Å². The number of aliphatic hydroxyl groups excluding tert-OH is 1. The summed E-state index contributed by atoms with van der Waals surface area (Å²) < 4.78 is 4.58. The van der Waals surface area contributed by atoms with Crippen LogP contribution in [0.5, 0.6) is 0 Å². The molecule has 6 heteroatoms. The van der Waals surface area contributed by atoms with E-state index >= 15 is 0 Å². The number of aliphatic carboxylic acids is 1. The van der Waals surface area contributed by atoms with Gasteiger partial charge >= 0.3 is 11.9 Å². The Balaban J connectivity index is 0. The van der Waals surface area contributed by atoms with Crippen molar-refractivity contribution in [1.29, 1.82) is 0 Å². The molecular weight excluding hydrogens is 248 g/mol. The van der Waals surface area contributed by atoms with Crippen molar-refractivity contribution in [2.45, 2.75) is 20.0 Å². The van der Waals surface area contributed by atoms with Crippen molar-refractivity contribution in [3.05, 3.63) is 24.3 Å². The van der Waals surface area contributed by atoms with Gasteiger partial charge in [0.1, 0.15) is 12.7 Å². The quantitative estimate of drug-likeness (QED) is 0.445. The zero-order valence-corrected chi connectivity index (χ0v) is 10.7. The lowest BCUT2D eigenvalue weighted by molar-refractivity contribution is -0.141. The molecule has 1 unspecified atom stereocenters. The Bertz CT molecular complexity index is 286. The van der Waals surface area contributed by atoms with E-state index in [4.69, 9.17) is 21.8 Å². The molecule has 0 bridgehead atoms. The maximum Gasteiger partial charge on any atom is 0.333 e. The van der Waals surface area contributed by atoms with Crippen molar-refractivity contribution < 1.29 is 24.5 Å². The number of carboxylic acids is 1. The second-order valence-electron chi connectivity index (χ2n) is 3.27. The predicted octanol–water partition coefficient (Wildman–Crippen LogP) is 1.35. The van der Waals surface area contributed by atoms with E-state index in [0.29, 0.717) is 5.57 Å². The first-order valence-electron chi connectivity index (χ1n) is 4.67. The standard InChI is InChI=1S/C7H11ClO3.C4H6O2/c1-5(2)7(10)11-4-6(9)3-8;1-3(2)4(5)6/h6,9H,1,3-4H2,2H3;1H2,2H3,(H,5,6). The molecule has 17 heavy (non-hydrogen) atoms. The van der Waals surface area contributed by atoms with Crippen LogP contribution in [0.4, 0.5) is 0 Å². The first kappa shape index (κ1) is 18.0. The number of carboxylic acid groups (broad SMARTS) is 1. The maximum atomic E-state index is 10.7. The van der Waals surface area contributed by atoms with Gasteiger partial charge in [-0.05, 0) is 13.8 Å². The Hall–Kier alpha value is -1.33. The molecule has 0 amide bonds. The van der Waals surface area contributed by atoms with Gasteiger partial charge in [0.05, 0.1) is 5.88 Å². The van der Waals surface area contributed by atoms with Crippen molar-refractivity contribution in [2.75, 3.05) is 12.5 Å². The Labute approximate surface area is 105 Å². The van der Waals surface area contributed by atoms with Crippen LogP contribution in [-0.4, -0.2) is 40.7 Å². The van der Waals surface area contributed by atoms with Crippen molar-refractivity contribution >= 4 is 23.5 Å². The fourth-order valence-electron chi connectivity index (χ4n) is 0.340. The molecule has 0 saturated heterocycles. The van der Waals surface area contributed by atoms with Crippen LogP contribution in [0.25, 0.3) is 0 Å². The molecule has 0 fully saturated rings. The van der Waals surface area contributed by atoms with Crippen LogP contribution in [0, 0.1) is 0 Å². The van der Waals surface area contributed by atoms with E-state index in [9.17, 15) is 9.59 Å². The number of alkyl halides is 1. The molecule has 0 saturated carbocycles. The molecule has 5 nitrogen and oxygen atoms in total. The van der Waals surface area contributed by atoms with Crippen LogP contribution in [0.2, 0.25) is 0 Å². The molecule has 1 atom stereocenters. The fraction of sp³-hybridized carbons (Fsp3) is 0.455. The molecular formula is C11H17ClO5. The molecule has 0 aromatic heterocycles. The highest BCUT2D eigenvalue weighted by molar-refractivity contribution is 6.18. The van der Waals surface area contributed by atoms with E-state index in [0.717, 1.165) is 0 Å². The minimum Gasteiger partial charge on any atom is -0.478 e. The molecule has 0 radical (unpaired) electrons. The number of carbonyl (C=O) groups excluding carboxylic acids is 1. The third-order valence-electron chi connectivity index (χ3n) is 1.30. The minimum atomic E-state index is -0.935. The highest BCUT2D eigenvalue weighted by Gasteiger charge is 2.07. The van der Waals surface area contributed by atoms with Gasteiger partial charge in [-0.15, -0.1) is 11.6 Å². The molecule has 98 valence electrons. The average Bonchev–Trinajstić information content (AvgIpc) is 2.25. The molecule has 0 aliphatic heterocycles. The summed E-state index contributed by atoms with van der Waals surface area (Å²) in [5.74, 6) is -1.38. The Morgan fingerprint density at radius 1 is 1.29 bits per heavy atom. The van der Waals surface area contributed by atoms with E-state index in [1.807, 2.05) is 0 Å². The first-order chi connectivity index (χ1) is 7.72. The third-order valence-corrected chi connectivity index (χ3v) is 1.65. The first-order valence-corrected chi connectivity index (χ1v) is 5.21. The molecule has 2 N–H and O–H groups in total. The summed E-state index contributed by atoms with van der Waals surface area (Å²) in [6.45, 7) is 9.43. The van der Waals surface area contributed by atoms with Crippen molar-refractivity contribution in [1.82, 2.24) is 0 Å². The summed E-state index contributed by atoms with van der Waals surface area (Å²) >= 11 is 5.25. The van der Waals surface area contributed by atoms with Crippen molar-refractivity contribution in [2.24, 2.45) is 0 Å². The van der Waals surface area contributed by atoms with E-state index in [-0.39, 0.29) is 18.1 Å². The molecule has 0 aromatic rings. The second kappa shape index (κ2) is 9.86.